The third-order valence-corrected chi connectivity index (χ3v) is 4.10. The predicted octanol–water partition coefficient (Wildman–Crippen LogP) is 4.21. The molecular weight excluding hydrogens is 316 g/mol. The van der Waals surface area contributed by atoms with E-state index in [1.54, 1.807) is 20.1 Å². The van der Waals surface area contributed by atoms with Crippen molar-refractivity contribution in [3.63, 3.8) is 0 Å². The molecule has 3 rings (SSSR count). The summed E-state index contributed by atoms with van der Waals surface area (Å²) in [5.74, 6) is 1.80. The number of hydrazone groups is 1. The van der Waals surface area contributed by atoms with Gasteiger partial charge in [-0.25, -0.2) is 5.43 Å². The van der Waals surface area contributed by atoms with Gasteiger partial charge in [-0.15, -0.1) is 0 Å². The van der Waals surface area contributed by atoms with Crippen LogP contribution in [0.5, 0.6) is 5.75 Å². The van der Waals surface area contributed by atoms with E-state index in [1.165, 1.54) is 0 Å². The first-order valence-electron chi connectivity index (χ1n) is 7.99. The van der Waals surface area contributed by atoms with E-state index in [2.05, 4.69) is 10.5 Å². The second-order valence-electron chi connectivity index (χ2n) is 5.83. The molecule has 1 amide bonds. The summed E-state index contributed by atoms with van der Waals surface area (Å²) in [5.41, 5.74) is 4.75. The Balaban J connectivity index is 1.92. The van der Waals surface area contributed by atoms with Crippen LogP contribution in [-0.4, -0.2) is 18.7 Å². The summed E-state index contributed by atoms with van der Waals surface area (Å²) in [6, 6.07) is 13.5. The van der Waals surface area contributed by atoms with E-state index in [-0.39, 0.29) is 5.91 Å². The van der Waals surface area contributed by atoms with E-state index in [1.807, 2.05) is 50.2 Å². The zero-order chi connectivity index (χ0) is 18.0. The lowest BCUT2D eigenvalue weighted by atomic mass is 10.0. The molecule has 0 radical (unpaired) electrons. The Kier molecular flexibility index (Phi) is 4.57. The van der Waals surface area contributed by atoms with Crippen LogP contribution in [0.3, 0.4) is 0 Å². The molecule has 5 heteroatoms. The number of benzene rings is 2. The lowest BCUT2D eigenvalue weighted by molar-refractivity contribution is 0.0953. The molecule has 0 aliphatic heterocycles. The molecule has 1 heterocycles. The fraction of sp³-hybridized carbons (Fsp3) is 0.200. The van der Waals surface area contributed by atoms with Crippen molar-refractivity contribution in [2.75, 3.05) is 7.11 Å². The molecule has 0 saturated carbocycles. The van der Waals surface area contributed by atoms with Crippen LogP contribution >= 0.6 is 0 Å². The van der Waals surface area contributed by atoms with Crippen molar-refractivity contribution in [2.45, 2.75) is 20.8 Å². The summed E-state index contributed by atoms with van der Waals surface area (Å²) >= 11 is 0. The first-order valence-corrected chi connectivity index (χ1v) is 7.99. The number of rotatable bonds is 4. The number of nitrogens with zero attached hydrogens (tertiary/aromatic N) is 1. The van der Waals surface area contributed by atoms with E-state index >= 15 is 0 Å². The van der Waals surface area contributed by atoms with Crippen molar-refractivity contribution in [3.05, 3.63) is 65.1 Å². The summed E-state index contributed by atoms with van der Waals surface area (Å²) in [7, 11) is 1.65. The van der Waals surface area contributed by atoms with Crippen LogP contribution in [0.4, 0.5) is 0 Å². The summed E-state index contributed by atoms with van der Waals surface area (Å²) < 4.78 is 10.8. The predicted molar refractivity (Wildman–Crippen MR) is 98.4 cm³/mol. The highest BCUT2D eigenvalue weighted by Gasteiger charge is 2.13. The maximum Gasteiger partial charge on any atom is 0.274 e. The molecule has 0 aliphatic carbocycles. The Hall–Kier alpha value is -3.08. The van der Waals surface area contributed by atoms with Crippen LogP contribution in [-0.2, 0) is 0 Å². The van der Waals surface area contributed by atoms with Gasteiger partial charge in [-0.2, -0.15) is 5.10 Å². The largest absolute Gasteiger partial charge is 0.496 e. The molecule has 0 bridgehead atoms. The number of nitrogens with one attached hydrogen (secondary N) is 1. The number of hydrogen-bond acceptors (Lipinski definition) is 4. The highest BCUT2D eigenvalue weighted by Crippen LogP contribution is 2.28. The molecule has 0 fully saturated rings. The van der Waals surface area contributed by atoms with Gasteiger partial charge in [0.1, 0.15) is 17.3 Å². The number of ether oxygens (including phenoxy) is 1. The zero-order valence-electron chi connectivity index (χ0n) is 14.7. The van der Waals surface area contributed by atoms with Gasteiger partial charge in [-0.05, 0) is 44.4 Å². The number of methoxy groups -OCH3 is 1. The van der Waals surface area contributed by atoms with Gasteiger partial charge in [0.15, 0.2) is 0 Å². The van der Waals surface area contributed by atoms with Gasteiger partial charge in [0.2, 0.25) is 0 Å². The molecule has 0 spiro atoms. The molecule has 25 heavy (non-hydrogen) atoms. The molecule has 2 aromatic carbocycles. The normalized spacial score (nSPS) is 11.6. The third-order valence-electron chi connectivity index (χ3n) is 4.10. The number of aryl methyl sites for hydroxylation is 2. The summed E-state index contributed by atoms with van der Waals surface area (Å²) in [6.45, 7) is 5.43. The molecule has 5 nitrogen and oxygen atoms in total. The number of amides is 1. The van der Waals surface area contributed by atoms with Crippen LogP contribution in [0, 0.1) is 13.8 Å². The highest BCUT2D eigenvalue weighted by atomic mass is 16.5. The van der Waals surface area contributed by atoms with Gasteiger partial charge < -0.3 is 9.15 Å². The van der Waals surface area contributed by atoms with Crippen molar-refractivity contribution >= 4 is 22.4 Å². The Morgan fingerprint density at radius 2 is 1.80 bits per heavy atom. The first-order chi connectivity index (χ1) is 12.0. The topological polar surface area (TPSA) is 63.8 Å². The Morgan fingerprint density at radius 3 is 2.44 bits per heavy atom. The number of carbonyl (C=O) groups is 1. The SMILES string of the molecule is COc1ccc(/C(C)=N\NC(=O)c2cc(C)oc2C)c2ccccc12. The van der Waals surface area contributed by atoms with Crippen LogP contribution < -0.4 is 10.2 Å². The van der Waals surface area contributed by atoms with Crippen molar-refractivity contribution in [1.29, 1.82) is 0 Å². The van der Waals surface area contributed by atoms with E-state index < -0.39 is 0 Å². The number of furan rings is 1. The highest BCUT2D eigenvalue weighted by molar-refractivity contribution is 6.11. The summed E-state index contributed by atoms with van der Waals surface area (Å²) in [4.78, 5) is 12.3. The van der Waals surface area contributed by atoms with E-state index in [0.717, 1.165) is 22.1 Å². The minimum absolute atomic E-state index is 0.286. The molecule has 0 saturated heterocycles. The fourth-order valence-corrected chi connectivity index (χ4v) is 2.88. The van der Waals surface area contributed by atoms with Gasteiger partial charge in [0.05, 0.1) is 18.4 Å². The Morgan fingerprint density at radius 1 is 1.08 bits per heavy atom. The fourth-order valence-electron chi connectivity index (χ4n) is 2.88. The van der Waals surface area contributed by atoms with Gasteiger partial charge in [0, 0.05) is 10.9 Å². The molecule has 3 aromatic rings. The van der Waals surface area contributed by atoms with Crippen LogP contribution in [0.25, 0.3) is 10.8 Å². The zero-order valence-corrected chi connectivity index (χ0v) is 14.7. The maximum atomic E-state index is 12.3. The molecule has 128 valence electrons. The Bertz CT molecular complexity index is 970. The van der Waals surface area contributed by atoms with Gasteiger partial charge in [-0.1, -0.05) is 24.3 Å². The molecule has 0 unspecified atom stereocenters. The van der Waals surface area contributed by atoms with Gasteiger partial charge >= 0.3 is 0 Å². The minimum Gasteiger partial charge on any atom is -0.496 e. The van der Waals surface area contributed by atoms with E-state index in [4.69, 9.17) is 9.15 Å². The third kappa shape index (κ3) is 3.26. The summed E-state index contributed by atoms with van der Waals surface area (Å²) in [5, 5.41) is 6.29. The standard InChI is InChI=1S/C20H20N2O3/c1-12-11-18(14(3)25-12)20(23)22-21-13(2)15-9-10-19(24-4)17-8-6-5-7-16(15)17/h5-11H,1-4H3,(H,22,23)/b21-13-. The van der Waals surface area contributed by atoms with Crippen molar-refractivity contribution in [3.8, 4) is 5.75 Å². The Labute approximate surface area is 146 Å². The lowest BCUT2D eigenvalue weighted by Crippen LogP contribution is -2.19. The second-order valence-corrected chi connectivity index (χ2v) is 5.83. The first kappa shape index (κ1) is 16.8. The molecule has 1 aromatic heterocycles. The van der Waals surface area contributed by atoms with Crippen LogP contribution in [0.1, 0.15) is 34.4 Å². The van der Waals surface area contributed by atoms with Gasteiger partial charge in [-0.3, -0.25) is 4.79 Å². The molecular formula is C20H20N2O3. The van der Waals surface area contributed by atoms with Crippen molar-refractivity contribution < 1.29 is 13.9 Å². The summed E-state index contributed by atoms with van der Waals surface area (Å²) in [6.07, 6.45) is 0. The van der Waals surface area contributed by atoms with Gasteiger partial charge in [0.25, 0.3) is 5.91 Å². The molecule has 0 atom stereocenters. The number of hydrogen-bond donors (Lipinski definition) is 1. The van der Waals surface area contributed by atoms with Crippen molar-refractivity contribution in [1.82, 2.24) is 5.43 Å². The van der Waals surface area contributed by atoms with Crippen molar-refractivity contribution in [2.24, 2.45) is 5.10 Å². The number of carbonyl (C=O) groups excluding carboxylic acids is 1. The lowest BCUT2D eigenvalue weighted by Gasteiger charge is -2.10. The average molecular weight is 336 g/mol. The van der Waals surface area contributed by atoms with E-state index in [9.17, 15) is 4.79 Å². The monoisotopic (exact) mass is 336 g/mol. The average Bonchev–Trinajstić information content (AvgIpc) is 2.96. The maximum absolute atomic E-state index is 12.3. The second kappa shape index (κ2) is 6.81. The van der Waals surface area contributed by atoms with Crippen LogP contribution in [0.15, 0.2) is 52.0 Å². The van der Waals surface area contributed by atoms with E-state index in [0.29, 0.717) is 22.8 Å². The molecule has 1 N–H and O–H groups in total. The smallest absolute Gasteiger partial charge is 0.274 e. The van der Waals surface area contributed by atoms with Crippen LogP contribution in [0.2, 0.25) is 0 Å². The quantitative estimate of drug-likeness (QED) is 0.573. The minimum atomic E-state index is -0.286. The number of fused-ring (bicyclic) bond motifs is 1. The molecule has 0 aliphatic rings.